The molecular weight excluding hydrogens is 274 g/mol. The molecule has 4 rings (SSSR count). The number of nitrogens with zero attached hydrogens (tertiary/aromatic N) is 1. The van der Waals surface area contributed by atoms with E-state index in [4.69, 9.17) is 10.1 Å². The largest absolute Gasteiger partial charge is 0.441 e. The van der Waals surface area contributed by atoms with Crippen molar-refractivity contribution in [2.24, 2.45) is 5.92 Å². The molecule has 0 amide bonds. The Bertz CT molecular complexity index is 905. The third kappa shape index (κ3) is 1.73. The van der Waals surface area contributed by atoms with Crippen molar-refractivity contribution >= 4 is 16.8 Å². The van der Waals surface area contributed by atoms with Crippen molar-refractivity contribution in [3.05, 3.63) is 65.9 Å². The van der Waals surface area contributed by atoms with Crippen molar-refractivity contribution in [3.8, 4) is 11.8 Å². The van der Waals surface area contributed by atoms with Crippen LogP contribution < -0.4 is 4.74 Å². The average molecular weight is 287 g/mol. The van der Waals surface area contributed by atoms with E-state index >= 15 is 0 Å². The quantitative estimate of drug-likeness (QED) is 0.714. The van der Waals surface area contributed by atoms with Crippen LogP contribution in [0.3, 0.4) is 0 Å². The minimum Gasteiger partial charge on any atom is -0.441 e. The molecule has 0 spiro atoms. The average Bonchev–Trinajstić information content (AvgIpc) is 3.03. The van der Waals surface area contributed by atoms with Crippen LogP contribution in [0.1, 0.15) is 17.0 Å². The molecule has 2 unspecified atom stereocenters. The lowest BCUT2D eigenvalue weighted by Crippen LogP contribution is -2.30. The summed E-state index contributed by atoms with van der Waals surface area (Å²) in [4.78, 5) is 3.15. The molecule has 106 valence electrons. The van der Waals surface area contributed by atoms with Gasteiger partial charge in [0.05, 0.1) is 6.07 Å². The second-order valence-corrected chi connectivity index (χ2v) is 5.38. The Balaban J connectivity index is 2.00. The highest BCUT2D eigenvalue weighted by Gasteiger charge is 2.37. The molecule has 1 aromatic heterocycles. The van der Waals surface area contributed by atoms with E-state index in [9.17, 15) is 5.26 Å². The predicted molar refractivity (Wildman–Crippen MR) is 84.0 cm³/mol. The fourth-order valence-corrected chi connectivity index (χ4v) is 3.15. The molecule has 0 fully saturated rings. The van der Waals surface area contributed by atoms with Crippen molar-refractivity contribution < 1.29 is 4.74 Å². The Kier molecular flexibility index (Phi) is 2.73. The molecule has 22 heavy (non-hydrogen) atoms. The van der Waals surface area contributed by atoms with E-state index in [-0.39, 0.29) is 11.8 Å². The van der Waals surface area contributed by atoms with Crippen molar-refractivity contribution in [1.29, 1.82) is 10.7 Å². The second-order valence-electron chi connectivity index (χ2n) is 5.38. The normalized spacial score (nSPS) is 20.2. The fourth-order valence-electron chi connectivity index (χ4n) is 3.15. The van der Waals surface area contributed by atoms with E-state index in [0.717, 1.165) is 22.0 Å². The van der Waals surface area contributed by atoms with Crippen molar-refractivity contribution in [2.45, 2.75) is 5.92 Å². The maximum absolute atomic E-state index is 9.52. The highest BCUT2D eigenvalue weighted by atomic mass is 16.5. The summed E-state index contributed by atoms with van der Waals surface area (Å²) in [6.07, 6.45) is 1.85. The number of hydrogen-bond donors (Lipinski definition) is 2. The molecule has 4 nitrogen and oxygen atoms in total. The number of nitriles is 1. The first-order valence-electron chi connectivity index (χ1n) is 7.10. The van der Waals surface area contributed by atoms with Gasteiger partial charge in [-0.05, 0) is 17.7 Å². The highest BCUT2D eigenvalue weighted by Crippen LogP contribution is 2.44. The first-order chi connectivity index (χ1) is 10.8. The van der Waals surface area contributed by atoms with Crippen molar-refractivity contribution in [3.63, 3.8) is 0 Å². The maximum Gasteiger partial charge on any atom is 0.205 e. The number of aromatic amines is 1. The zero-order valence-electron chi connectivity index (χ0n) is 11.7. The summed E-state index contributed by atoms with van der Waals surface area (Å²) in [7, 11) is 0. The third-order valence-corrected chi connectivity index (χ3v) is 4.18. The van der Waals surface area contributed by atoms with Gasteiger partial charge in [0.1, 0.15) is 11.7 Å². The lowest BCUT2D eigenvalue weighted by molar-refractivity contribution is 0.455. The van der Waals surface area contributed by atoms with Gasteiger partial charge in [0.2, 0.25) is 5.90 Å². The highest BCUT2D eigenvalue weighted by molar-refractivity contribution is 5.94. The van der Waals surface area contributed by atoms with Crippen LogP contribution >= 0.6 is 0 Å². The number of ether oxygens (including phenoxy) is 1. The van der Waals surface area contributed by atoms with Gasteiger partial charge >= 0.3 is 0 Å². The fraction of sp³-hybridized carbons (Fsp3) is 0.111. The van der Waals surface area contributed by atoms with Gasteiger partial charge in [0.15, 0.2) is 0 Å². The Labute approximate surface area is 127 Å². The summed E-state index contributed by atoms with van der Waals surface area (Å²) < 4.78 is 5.70. The van der Waals surface area contributed by atoms with E-state index in [1.54, 1.807) is 0 Å². The summed E-state index contributed by atoms with van der Waals surface area (Å²) in [5, 5.41) is 18.6. The van der Waals surface area contributed by atoms with Crippen LogP contribution in [0, 0.1) is 22.7 Å². The van der Waals surface area contributed by atoms with E-state index in [0.29, 0.717) is 5.75 Å². The molecule has 2 aromatic carbocycles. The van der Waals surface area contributed by atoms with Crippen LogP contribution in [-0.4, -0.2) is 10.9 Å². The standard InChI is InChI=1S/C18H13N3O/c19-10-14-16(11-4-2-1-3-5-11)13-6-7-15-12(8-9-21-15)17(13)22-18(14)20/h1-9,14,16,20-21H. The molecule has 2 atom stereocenters. The van der Waals surface area contributed by atoms with Crippen LogP contribution in [-0.2, 0) is 0 Å². The number of hydrogen-bond acceptors (Lipinski definition) is 3. The molecule has 0 radical (unpaired) electrons. The summed E-state index contributed by atoms with van der Waals surface area (Å²) in [5.74, 6) is -0.0882. The zero-order valence-corrected chi connectivity index (χ0v) is 11.7. The van der Waals surface area contributed by atoms with Gasteiger partial charge in [0, 0.05) is 28.6 Å². The van der Waals surface area contributed by atoms with Crippen molar-refractivity contribution in [2.75, 3.05) is 0 Å². The first kappa shape index (κ1) is 12.7. The van der Waals surface area contributed by atoms with E-state index < -0.39 is 5.92 Å². The van der Waals surface area contributed by atoms with Gasteiger partial charge in [0.25, 0.3) is 0 Å². The molecule has 2 heterocycles. The molecule has 0 aliphatic carbocycles. The lowest BCUT2D eigenvalue weighted by atomic mass is 9.79. The minimum absolute atomic E-state index is 0.0116. The molecule has 3 aromatic rings. The van der Waals surface area contributed by atoms with Crippen LogP contribution in [0.25, 0.3) is 10.9 Å². The Morgan fingerprint density at radius 2 is 1.91 bits per heavy atom. The van der Waals surface area contributed by atoms with Gasteiger partial charge < -0.3 is 9.72 Å². The smallest absolute Gasteiger partial charge is 0.205 e. The number of benzene rings is 2. The SMILES string of the molecule is N#CC1C(=N)Oc2c(ccc3[nH]ccc23)C1c1ccccc1. The Hall–Kier alpha value is -3.06. The van der Waals surface area contributed by atoms with Gasteiger partial charge in [-0.25, -0.2) is 0 Å². The zero-order chi connectivity index (χ0) is 15.1. The molecule has 0 bridgehead atoms. The Morgan fingerprint density at radius 1 is 1.09 bits per heavy atom. The van der Waals surface area contributed by atoms with E-state index in [1.165, 1.54) is 0 Å². The summed E-state index contributed by atoms with van der Waals surface area (Å²) >= 11 is 0. The molecule has 0 saturated carbocycles. The van der Waals surface area contributed by atoms with E-state index in [1.807, 2.05) is 54.7 Å². The number of aromatic nitrogens is 1. The number of fused-ring (bicyclic) bond motifs is 3. The van der Waals surface area contributed by atoms with E-state index in [2.05, 4.69) is 11.1 Å². The van der Waals surface area contributed by atoms with Gasteiger partial charge in [-0.1, -0.05) is 36.4 Å². The molecule has 4 heteroatoms. The molecule has 1 aliphatic heterocycles. The van der Waals surface area contributed by atoms with Gasteiger partial charge in [-0.2, -0.15) is 5.26 Å². The number of nitrogens with one attached hydrogen (secondary N) is 2. The van der Waals surface area contributed by atoms with Crippen LogP contribution in [0.4, 0.5) is 0 Å². The first-order valence-corrected chi connectivity index (χ1v) is 7.10. The number of rotatable bonds is 1. The predicted octanol–water partition coefficient (Wildman–Crippen LogP) is 3.81. The summed E-state index contributed by atoms with van der Waals surface area (Å²) in [6.45, 7) is 0. The molecule has 0 saturated heterocycles. The molecule has 2 N–H and O–H groups in total. The number of H-pyrrole nitrogens is 1. The van der Waals surface area contributed by atoms with Gasteiger partial charge in [-0.3, -0.25) is 5.41 Å². The minimum atomic E-state index is -0.605. The summed E-state index contributed by atoms with van der Waals surface area (Å²) in [6, 6.07) is 18.0. The van der Waals surface area contributed by atoms with Gasteiger partial charge in [-0.15, -0.1) is 0 Å². The van der Waals surface area contributed by atoms with Crippen LogP contribution in [0.15, 0.2) is 54.7 Å². The van der Waals surface area contributed by atoms with Crippen LogP contribution in [0.5, 0.6) is 5.75 Å². The Morgan fingerprint density at radius 3 is 2.68 bits per heavy atom. The maximum atomic E-state index is 9.52. The monoisotopic (exact) mass is 287 g/mol. The lowest BCUT2D eigenvalue weighted by Gasteiger charge is -2.30. The third-order valence-electron chi connectivity index (χ3n) is 4.18. The molecular formula is C18H13N3O. The molecule has 1 aliphatic rings. The summed E-state index contributed by atoms with van der Waals surface area (Å²) in [5.41, 5.74) is 2.95. The van der Waals surface area contributed by atoms with Crippen molar-refractivity contribution in [1.82, 2.24) is 4.98 Å². The topological polar surface area (TPSA) is 72.7 Å². The van der Waals surface area contributed by atoms with Crippen LogP contribution in [0.2, 0.25) is 0 Å². The second kappa shape index (κ2) is 4.74.